The molecule has 112 valence electrons. The van der Waals surface area contributed by atoms with E-state index in [4.69, 9.17) is 0 Å². The van der Waals surface area contributed by atoms with Crippen molar-refractivity contribution >= 4 is 11.7 Å². The molecule has 2 aromatic rings. The smallest absolute Gasteiger partial charge is 0.242 e. The maximum atomic E-state index is 12.2. The van der Waals surface area contributed by atoms with E-state index < -0.39 is 0 Å². The summed E-state index contributed by atoms with van der Waals surface area (Å²) in [6.45, 7) is 5.44. The van der Waals surface area contributed by atoms with Crippen molar-refractivity contribution in [2.75, 3.05) is 18.9 Å². The number of rotatable bonds is 6. The molecular weight excluding hydrogens is 266 g/mol. The van der Waals surface area contributed by atoms with E-state index in [1.165, 1.54) is 0 Å². The number of hydrogen-bond donors (Lipinski definition) is 1. The van der Waals surface area contributed by atoms with Crippen molar-refractivity contribution in [1.82, 2.24) is 19.4 Å². The molecule has 0 saturated heterocycles. The molecule has 0 spiro atoms. The van der Waals surface area contributed by atoms with E-state index in [1.807, 2.05) is 44.1 Å². The number of carbonyl (C=O) groups is 1. The molecule has 0 aromatic carbocycles. The highest BCUT2D eigenvalue weighted by Crippen LogP contribution is 2.04. The minimum Gasteiger partial charge on any atom is -0.334 e. The quantitative estimate of drug-likeness (QED) is 0.875. The fourth-order valence-electron chi connectivity index (χ4n) is 1.97. The molecule has 1 N–H and O–H groups in total. The molecule has 0 aliphatic heterocycles. The number of anilines is 1. The summed E-state index contributed by atoms with van der Waals surface area (Å²) in [5.41, 5.74) is 0. The summed E-state index contributed by atoms with van der Waals surface area (Å²) in [5, 5.41) is 2.82. The molecule has 21 heavy (non-hydrogen) atoms. The molecule has 2 rings (SSSR count). The summed E-state index contributed by atoms with van der Waals surface area (Å²) < 4.78 is 2.07. The Morgan fingerprint density at radius 1 is 1.38 bits per heavy atom. The van der Waals surface area contributed by atoms with E-state index in [0.717, 1.165) is 18.9 Å². The van der Waals surface area contributed by atoms with E-state index >= 15 is 0 Å². The third kappa shape index (κ3) is 4.13. The van der Waals surface area contributed by atoms with Gasteiger partial charge in [-0.3, -0.25) is 9.69 Å². The Morgan fingerprint density at radius 3 is 2.81 bits per heavy atom. The van der Waals surface area contributed by atoms with E-state index in [9.17, 15) is 4.79 Å². The van der Waals surface area contributed by atoms with Crippen molar-refractivity contribution in [3.05, 3.63) is 42.6 Å². The van der Waals surface area contributed by atoms with Gasteiger partial charge in [-0.1, -0.05) is 6.07 Å². The van der Waals surface area contributed by atoms with Gasteiger partial charge in [0.2, 0.25) is 5.91 Å². The Bertz CT molecular complexity index is 581. The van der Waals surface area contributed by atoms with Gasteiger partial charge in [-0.25, -0.2) is 9.97 Å². The van der Waals surface area contributed by atoms with Gasteiger partial charge in [0.1, 0.15) is 11.6 Å². The number of hydrogen-bond acceptors (Lipinski definition) is 4. The van der Waals surface area contributed by atoms with Crippen LogP contribution >= 0.6 is 0 Å². The monoisotopic (exact) mass is 287 g/mol. The van der Waals surface area contributed by atoms with Crippen LogP contribution in [0.2, 0.25) is 0 Å². The third-order valence-corrected chi connectivity index (χ3v) is 3.57. The van der Waals surface area contributed by atoms with Gasteiger partial charge in [0.05, 0.1) is 6.04 Å². The summed E-state index contributed by atoms with van der Waals surface area (Å²) in [5.74, 6) is 1.50. The second-order valence-corrected chi connectivity index (χ2v) is 5.03. The lowest BCUT2D eigenvalue weighted by Crippen LogP contribution is -2.41. The predicted octanol–water partition coefficient (Wildman–Crippen LogP) is 1.55. The zero-order valence-corrected chi connectivity index (χ0v) is 12.7. The number of nitrogens with one attached hydrogen (secondary N) is 1. The van der Waals surface area contributed by atoms with Gasteiger partial charge in [0.25, 0.3) is 0 Å². The summed E-state index contributed by atoms with van der Waals surface area (Å²) in [6.07, 6.45) is 5.39. The molecule has 0 fully saturated rings. The third-order valence-electron chi connectivity index (χ3n) is 3.57. The van der Waals surface area contributed by atoms with Gasteiger partial charge in [0, 0.05) is 31.7 Å². The molecule has 0 aliphatic rings. The highest BCUT2D eigenvalue weighted by molar-refractivity contribution is 5.93. The summed E-state index contributed by atoms with van der Waals surface area (Å²) >= 11 is 0. The highest BCUT2D eigenvalue weighted by Gasteiger charge is 2.18. The number of pyridine rings is 1. The maximum Gasteiger partial charge on any atom is 0.242 e. The lowest BCUT2D eigenvalue weighted by atomic mass is 10.2. The van der Waals surface area contributed by atoms with E-state index in [1.54, 1.807) is 18.5 Å². The van der Waals surface area contributed by atoms with Crippen LogP contribution in [0.3, 0.4) is 0 Å². The molecule has 0 radical (unpaired) electrons. The van der Waals surface area contributed by atoms with Gasteiger partial charge >= 0.3 is 0 Å². The maximum absolute atomic E-state index is 12.2. The second kappa shape index (κ2) is 6.99. The molecule has 1 unspecified atom stereocenters. The van der Waals surface area contributed by atoms with Gasteiger partial charge in [-0.2, -0.15) is 0 Å². The predicted molar refractivity (Wildman–Crippen MR) is 81.9 cm³/mol. The van der Waals surface area contributed by atoms with Crippen LogP contribution < -0.4 is 5.32 Å². The molecule has 1 atom stereocenters. The van der Waals surface area contributed by atoms with Crippen LogP contribution in [0.1, 0.15) is 12.7 Å². The van der Waals surface area contributed by atoms with Gasteiger partial charge in [-0.15, -0.1) is 0 Å². The van der Waals surface area contributed by atoms with Gasteiger partial charge in [-0.05, 0) is 33.0 Å². The number of nitrogens with zero attached hydrogens (tertiary/aromatic N) is 4. The molecular formula is C15H21N5O. The molecule has 6 heteroatoms. The van der Waals surface area contributed by atoms with Crippen LogP contribution in [0.4, 0.5) is 5.82 Å². The van der Waals surface area contributed by atoms with Crippen LogP contribution in [0, 0.1) is 6.92 Å². The lowest BCUT2D eigenvalue weighted by molar-refractivity contribution is -0.120. The molecule has 2 heterocycles. The van der Waals surface area contributed by atoms with Crippen molar-refractivity contribution in [2.45, 2.75) is 26.4 Å². The van der Waals surface area contributed by atoms with Crippen LogP contribution in [0.25, 0.3) is 0 Å². The first-order valence-electron chi connectivity index (χ1n) is 6.98. The Kier molecular flexibility index (Phi) is 5.05. The first-order chi connectivity index (χ1) is 10.1. The Hall–Kier alpha value is -2.21. The normalized spacial score (nSPS) is 12.4. The summed E-state index contributed by atoms with van der Waals surface area (Å²) in [7, 11) is 1.94. The minimum atomic E-state index is -0.226. The fourth-order valence-corrected chi connectivity index (χ4v) is 1.97. The van der Waals surface area contributed by atoms with Gasteiger partial charge < -0.3 is 9.88 Å². The molecule has 6 nitrogen and oxygen atoms in total. The van der Waals surface area contributed by atoms with E-state index in [2.05, 4.69) is 19.9 Å². The van der Waals surface area contributed by atoms with Crippen LogP contribution in [-0.2, 0) is 11.3 Å². The summed E-state index contributed by atoms with van der Waals surface area (Å²) in [6, 6.07) is 5.22. The zero-order valence-electron chi connectivity index (χ0n) is 12.7. The minimum absolute atomic E-state index is 0.0569. The van der Waals surface area contributed by atoms with Crippen LogP contribution in [-0.4, -0.2) is 45.0 Å². The van der Waals surface area contributed by atoms with Crippen molar-refractivity contribution < 1.29 is 4.79 Å². The van der Waals surface area contributed by atoms with Crippen molar-refractivity contribution in [3.8, 4) is 0 Å². The summed E-state index contributed by atoms with van der Waals surface area (Å²) in [4.78, 5) is 22.5. The highest BCUT2D eigenvalue weighted by atomic mass is 16.2. The Labute approximate surface area is 124 Å². The topological polar surface area (TPSA) is 63.1 Å². The number of carbonyl (C=O) groups excluding carboxylic acids is 1. The van der Waals surface area contributed by atoms with E-state index in [-0.39, 0.29) is 11.9 Å². The SMILES string of the molecule is Cc1nccn1CCN(C)C(C)C(=O)Nc1ccccn1. The lowest BCUT2D eigenvalue weighted by Gasteiger charge is -2.24. The van der Waals surface area contributed by atoms with Crippen molar-refractivity contribution in [1.29, 1.82) is 0 Å². The second-order valence-electron chi connectivity index (χ2n) is 5.03. The molecule has 0 bridgehead atoms. The number of amides is 1. The molecule has 0 aliphatic carbocycles. The molecule has 0 saturated carbocycles. The largest absolute Gasteiger partial charge is 0.334 e. The molecule has 2 aromatic heterocycles. The van der Waals surface area contributed by atoms with Crippen LogP contribution in [0.5, 0.6) is 0 Å². The first-order valence-corrected chi connectivity index (χ1v) is 6.98. The van der Waals surface area contributed by atoms with Gasteiger partial charge in [0.15, 0.2) is 0 Å². The molecule has 1 amide bonds. The standard InChI is InChI=1S/C15H21N5O/c1-12(15(21)18-14-6-4-5-7-17-14)19(3)10-11-20-9-8-16-13(20)2/h4-9,12H,10-11H2,1-3H3,(H,17,18,21). The Morgan fingerprint density at radius 2 is 2.19 bits per heavy atom. The van der Waals surface area contributed by atoms with Crippen molar-refractivity contribution in [3.63, 3.8) is 0 Å². The van der Waals surface area contributed by atoms with Crippen LogP contribution in [0.15, 0.2) is 36.8 Å². The Balaban J connectivity index is 1.85. The fraction of sp³-hybridized carbons (Fsp3) is 0.400. The van der Waals surface area contributed by atoms with Crippen molar-refractivity contribution in [2.24, 2.45) is 0 Å². The van der Waals surface area contributed by atoms with E-state index in [0.29, 0.717) is 5.82 Å². The zero-order chi connectivity index (χ0) is 15.2. The number of aryl methyl sites for hydroxylation is 1. The average molecular weight is 287 g/mol. The number of aromatic nitrogens is 3. The number of imidazole rings is 1. The average Bonchev–Trinajstić information content (AvgIpc) is 2.90. The first kappa shape index (κ1) is 15.2. The number of likely N-dealkylation sites (N-methyl/N-ethyl adjacent to an activating group) is 1.